The lowest BCUT2D eigenvalue weighted by Gasteiger charge is -2.03. The molecule has 0 aliphatic carbocycles. The predicted molar refractivity (Wildman–Crippen MR) is 74.6 cm³/mol. The van der Waals surface area contributed by atoms with E-state index in [0.29, 0.717) is 5.57 Å². The van der Waals surface area contributed by atoms with Crippen LogP contribution in [0.4, 0.5) is 0 Å². The van der Waals surface area contributed by atoms with Crippen molar-refractivity contribution in [1.82, 2.24) is 4.57 Å². The SMILES string of the molecule is C=C(C)CS(=O)(=O)[O-].CCCCn1cc[n+](C)c1C. The lowest BCUT2D eigenvalue weighted by molar-refractivity contribution is -0.677. The first kappa shape index (κ1) is 17.9. The van der Waals surface area contributed by atoms with E-state index in [0.717, 1.165) is 6.54 Å². The van der Waals surface area contributed by atoms with Crippen LogP contribution >= 0.6 is 0 Å². The predicted octanol–water partition coefficient (Wildman–Crippen LogP) is 1.53. The Balaban J connectivity index is 0.000000362. The molecule has 0 saturated carbocycles. The highest BCUT2D eigenvalue weighted by molar-refractivity contribution is 7.85. The van der Waals surface area contributed by atoms with Crippen molar-refractivity contribution in [2.45, 2.75) is 40.2 Å². The van der Waals surface area contributed by atoms with Gasteiger partial charge < -0.3 is 4.55 Å². The van der Waals surface area contributed by atoms with Crippen molar-refractivity contribution in [3.05, 3.63) is 30.4 Å². The highest BCUT2D eigenvalue weighted by Gasteiger charge is 2.06. The minimum absolute atomic E-state index is 0.375. The van der Waals surface area contributed by atoms with Crippen LogP contribution in [0.3, 0.4) is 0 Å². The monoisotopic (exact) mass is 288 g/mol. The summed E-state index contributed by atoms with van der Waals surface area (Å²) in [6, 6.07) is 0. The molecule has 0 N–H and O–H groups in total. The molecule has 0 atom stereocenters. The van der Waals surface area contributed by atoms with Gasteiger partial charge in [-0.2, -0.15) is 0 Å². The summed E-state index contributed by atoms with van der Waals surface area (Å²) in [6.07, 6.45) is 6.78. The Morgan fingerprint density at radius 2 is 2.11 bits per heavy atom. The van der Waals surface area contributed by atoms with E-state index in [2.05, 4.69) is 49.0 Å². The fraction of sp³-hybridized carbons (Fsp3) is 0.615. The molecule has 0 saturated heterocycles. The number of hydrogen-bond acceptors (Lipinski definition) is 3. The summed E-state index contributed by atoms with van der Waals surface area (Å²) in [5.41, 5.74) is 0.375. The van der Waals surface area contributed by atoms with Gasteiger partial charge in [0.2, 0.25) is 0 Å². The van der Waals surface area contributed by atoms with Crippen molar-refractivity contribution in [3.8, 4) is 0 Å². The molecular weight excluding hydrogens is 264 g/mol. The van der Waals surface area contributed by atoms with Crippen molar-refractivity contribution in [1.29, 1.82) is 0 Å². The molecule has 19 heavy (non-hydrogen) atoms. The first-order valence-electron chi connectivity index (χ1n) is 6.26. The Kier molecular flexibility index (Phi) is 7.63. The van der Waals surface area contributed by atoms with Gasteiger partial charge in [-0.1, -0.05) is 25.5 Å². The van der Waals surface area contributed by atoms with Crippen molar-refractivity contribution >= 4 is 10.1 Å². The molecule has 0 amide bonds. The van der Waals surface area contributed by atoms with Gasteiger partial charge in [-0.3, -0.25) is 0 Å². The third-order valence-corrected chi connectivity index (χ3v) is 3.42. The number of aromatic nitrogens is 2. The Bertz CT molecular complexity index is 504. The fourth-order valence-corrected chi connectivity index (χ4v) is 2.07. The van der Waals surface area contributed by atoms with E-state index in [4.69, 9.17) is 0 Å². The molecule has 0 aliphatic heterocycles. The van der Waals surface area contributed by atoms with Crippen LogP contribution in [0, 0.1) is 6.92 Å². The van der Waals surface area contributed by atoms with Crippen LogP contribution in [0.1, 0.15) is 32.5 Å². The quantitative estimate of drug-likeness (QED) is 0.469. The highest BCUT2D eigenvalue weighted by atomic mass is 32.2. The number of unbranched alkanes of at least 4 members (excludes halogenated alkanes) is 1. The first-order valence-corrected chi connectivity index (χ1v) is 7.84. The van der Waals surface area contributed by atoms with Gasteiger partial charge in [-0.05, 0) is 13.3 Å². The standard InChI is InChI=1S/C9H17N2.C4H8O3S/c1-4-5-6-11-8-7-10(3)9(11)2;1-4(2)3-8(5,6)7/h7-8H,4-6H2,1-3H3;1,3H2,2H3,(H,5,6,7)/q+1;/p-1. The second-order valence-electron chi connectivity index (χ2n) is 4.66. The summed E-state index contributed by atoms with van der Waals surface area (Å²) < 4.78 is 33.9. The van der Waals surface area contributed by atoms with Crippen molar-refractivity contribution in [2.24, 2.45) is 7.05 Å². The van der Waals surface area contributed by atoms with E-state index in [1.807, 2.05) is 0 Å². The fourth-order valence-electron chi connectivity index (χ4n) is 1.47. The number of hydrogen-bond donors (Lipinski definition) is 0. The molecular formula is C13H24N2O3S. The third-order valence-electron chi connectivity index (χ3n) is 2.57. The molecule has 0 unspecified atom stereocenters. The van der Waals surface area contributed by atoms with Gasteiger partial charge in [0.05, 0.1) is 29.5 Å². The molecule has 1 aromatic heterocycles. The van der Waals surface area contributed by atoms with Gasteiger partial charge in [0.25, 0.3) is 5.82 Å². The molecule has 0 spiro atoms. The molecule has 6 heteroatoms. The maximum Gasteiger partial charge on any atom is 0.253 e. The molecule has 5 nitrogen and oxygen atoms in total. The van der Waals surface area contributed by atoms with Gasteiger partial charge in [0, 0.05) is 6.92 Å². The van der Waals surface area contributed by atoms with E-state index >= 15 is 0 Å². The summed E-state index contributed by atoms with van der Waals surface area (Å²) in [6.45, 7) is 10.3. The summed E-state index contributed by atoms with van der Waals surface area (Å²) >= 11 is 0. The Morgan fingerprint density at radius 3 is 2.37 bits per heavy atom. The zero-order chi connectivity index (χ0) is 15.1. The van der Waals surface area contributed by atoms with E-state index in [9.17, 15) is 13.0 Å². The smallest absolute Gasteiger partial charge is 0.253 e. The van der Waals surface area contributed by atoms with Crippen LogP contribution in [0.5, 0.6) is 0 Å². The maximum absolute atomic E-state index is 9.83. The second-order valence-corrected chi connectivity index (χ2v) is 6.07. The molecule has 0 aliphatic rings. The first-order chi connectivity index (χ1) is 8.67. The van der Waals surface area contributed by atoms with Crippen LogP contribution in [0.15, 0.2) is 24.5 Å². The minimum atomic E-state index is -4.07. The largest absolute Gasteiger partial charge is 0.748 e. The molecule has 0 bridgehead atoms. The van der Waals surface area contributed by atoms with Crippen LogP contribution in [0.25, 0.3) is 0 Å². The van der Waals surface area contributed by atoms with Crippen molar-refractivity contribution in [2.75, 3.05) is 5.75 Å². The molecule has 0 radical (unpaired) electrons. The highest BCUT2D eigenvalue weighted by Crippen LogP contribution is 1.97. The zero-order valence-electron chi connectivity index (χ0n) is 12.2. The molecule has 1 heterocycles. The lowest BCUT2D eigenvalue weighted by atomic mass is 10.3. The molecule has 1 aromatic rings. The molecule has 1 rings (SSSR count). The van der Waals surface area contributed by atoms with Gasteiger partial charge in [-0.15, -0.1) is 0 Å². The van der Waals surface area contributed by atoms with Crippen LogP contribution in [0.2, 0.25) is 0 Å². The average Bonchev–Trinajstić information content (AvgIpc) is 2.54. The number of nitrogens with zero attached hydrogens (tertiary/aromatic N) is 2. The Labute approximate surface area is 116 Å². The second kappa shape index (κ2) is 8.12. The van der Waals surface area contributed by atoms with Gasteiger partial charge in [-0.25, -0.2) is 17.6 Å². The van der Waals surface area contributed by atoms with Crippen molar-refractivity contribution < 1.29 is 17.5 Å². The van der Waals surface area contributed by atoms with Crippen LogP contribution < -0.4 is 4.57 Å². The van der Waals surface area contributed by atoms with Crippen LogP contribution in [-0.4, -0.2) is 23.3 Å². The van der Waals surface area contributed by atoms with E-state index in [1.54, 1.807) is 0 Å². The molecule has 110 valence electrons. The lowest BCUT2D eigenvalue weighted by Crippen LogP contribution is -2.29. The summed E-state index contributed by atoms with van der Waals surface area (Å²) in [4.78, 5) is 0. The van der Waals surface area contributed by atoms with Gasteiger partial charge >= 0.3 is 0 Å². The minimum Gasteiger partial charge on any atom is -0.748 e. The maximum atomic E-state index is 9.83. The van der Waals surface area contributed by atoms with Gasteiger partial charge in [0.1, 0.15) is 12.4 Å². The summed E-state index contributed by atoms with van der Waals surface area (Å²) in [5, 5.41) is 0. The average molecular weight is 288 g/mol. The van der Waals surface area contributed by atoms with Gasteiger partial charge in [0.15, 0.2) is 0 Å². The van der Waals surface area contributed by atoms with Crippen LogP contribution in [-0.2, 0) is 23.7 Å². The molecule has 0 aromatic carbocycles. The Hall–Kier alpha value is -1.14. The Morgan fingerprint density at radius 1 is 1.53 bits per heavy atom. The van der Waals surface area contributed by atoms with E-state index in [-0.39, 0.29) is 0 Å². The number of rotatable bonds is 5. The van der Waals surface area contributed by atoms with E-state index < -0.39 is 15.9 Å². The third kappa shape index (κ3) is 8.56. The normalized spacial score (nSPS) is 10.8. The zero-order valence-corrected chi connectivity index (χ0v) is 13.0. The number of aryl methyl sites for hydroxylation is 2. The van der Waals surface area contributed by atoms with Crippen molar-refractivity contribution in [3.63, 3.8) is 0 Å². The topological polar surface area (TPSA) is 66.0 Å². The summed E-state index contributed by atoms with van der Waals surface area (Å²) in [7, 11) is -1.99. The molecule has 0 fully saturated rings. The summed E-state index contributed by atoms with van der Waals surface area (Å²) in [5.74, 6) is 0.881. The van der Waals surface area contributed by atoms with E-state index in [1.165, 1.54) is 25.6 Å². The number of imidazole rings is 1.